The molecule has 5 nitrogen and oxygen atoms in total. The van der Waals surface area contributed by atoms with Crippen LogP contribution in [0.3, 0.4) is 0 Å². The van der Waals surface area contributed by atoms with Crippen LogP contribution in [0.25, 0.3) is 0 Å². The van der Waals surface area contributed by atoms with Crippen molar-refractivity contribution < 1.29 is 14.3 Å². The summed E-state index contributed by atoms with van der Waals surface area (Å²) < 4.78 is 5.47. The largest absolute Gasteiger partial charge is 0.444 e. The third-order valence-electron chi connectivity index (χ3n) is 4.01. The van der Waals surface area contributed by atoms with Crippen molar-refractivity contribution in [3.63, 3.8) is 0 Å². The van der Waals surface area contributed by atoms with Gasteiger partial charge in [-0.25, -0.2) is 4.79 Å². The topological polar surface area (TPSA) is 58.6 Å². The first kappa shape index (κ1) is 18.5. The molecular formula is C17H30N2O3. The lowest BCUT2D eigenvalue weighted by atomic mass is 9.91. The number of nitrogens with one attached hydrogen (secondary N) is 1. The van der Waals surface area contributed by atoms with Crippen LogP contribution in [0.2, 0.25) is 0 Å². The van der Waals surface area contributed by atoms with Gasteiger partial charge in [-0.05, 0) is 53.4 Å². The average Bonchev–Trinajstić information content (AvgIpc) is 2.81. The number of hydrogen-bond donors (Lipinski definition) is 1. The van der Waals surface area contributed by atoms with Crippen molar-refractivity contribution in [2.75, 3.05) is 6.54 Å². The summed E-state index contributed by atoms with van der Waals surface area (Å²) in [6, 6.07) is 0.00881. The molecule has 0 aromatic rings. The van der Waals surface area contributed by atoms with E-state index in [1.807, 2.05) is 34.6 Å². The van der Waals surface area contributed by atoms with Crippen LogP contribution >= 0.6 is 0 Å². The number of amides is 2. The van der Waals surface area contributed by atoms with Crippen LogP contribution in [0.1, 0.15) is 60.3 Å². The van der Waals surface area contributed by atoms with E-state index in [9.17, 15) is 9.59 Å². The van der Waals surface area contributed by atoms with Crippen molar-refractivity contribution >= 4 is 12.0 Å². The Morgan fingerprint density at radius 1 is 1.45 bits per heavy atom. The fraction of sp³-hybridized carbons (Fsp3) is 0.765. The molecule has 1 fully saturated rings. The number of hydrogen-bond acceptors (Lipinski definition) is 3. The Labute approximate surface area is 134 Å². The maximum absolute atomic E-state index is 12.8. The van der Waals surface area contributed by atoms with Gasteiger partial charge >= 0.3 is 6.09 Å². The molecular weight excluding hydrogens is 280 g/mol. The monoisotopic (exact) mass is 310 g/mol. The highest BCUT2D eigenvalue weighted by Gasteiger charge is 2.49. The summed E-state index contributed by atoms with van der Waals surface area (Å²) in [6.07, 6.45) is 4.16. The third kappa shape index (κ3) is 4.24. The molecule has 2 unspecified atom stereocenters. The van der Waals surface area contributed by atoms with E-state index in [4.69, 9.17) is 4.74 Å². The van der Waals surface area contributed by atoms with Gasteiger partial charge in [-0.3, -0.25) is 9.69 Å². The molecule has 0 aliphatic carbocycles. The molecule has 1 rings (SSSR count). The first-order valence-corrected chi connectivity index (χ1v) is 8.08. The van der Waals surface area contributed by atoms with Crippen molar-refractivity contribution in [1.29, 1.82) is 0 Å². The molecule has 2 atom stereocenters. The Bertz CT molecular complexity index is 428. The van der Waals surface area contributed by atoms with Gasteiger partial charge in [0.05, 0.1) is 0 Å². The van der Waals surface area contributed by atoms with E-state index in [0.29, 0.717) is 25.8 Å². The maximum Gasteiger partial charge on any atom is 0.411 e. The molecule has 0 spiro atoms. The van der Waals surface area contributed by atoms with E-state index in [-0.39, 0.29) is 11.9 Å². The molecule has 1 aliphatic rings. The SMILES string of the molecule is C=CCC(C)NC(=O)C1(CC)CCCN1C(=O)OC(C)(C)C. The lowest BCUT2D eigenvalue weighted by Crippen LogP contribution is -2.59. The Balaban J connectivity index is 2.91. The molecule has 0 radical (unpaired) electrons. The number of ether oxygens (including phenoxy) is 1. The highest BCUT2D eigenvalue weighted by Crippen LogP contribution is 2.34. The first-order valence-electron chi connectivity index (χ1n) is 8.08. The molecule has 2 amide bonds. The fourth-order valence-electron chi connectivity index (χ4n) is 2.89. The Kier molecular flexibility index (Phi) is 6.03. The minimum absolute atomic E-state index is 0.00881. The van der Waals surface area contributed by atoms with Gasteiger partial charge in [0.25, 0.3) is 0 Å². The van der Waals surface area contributed by atoms with Crippen molar-refractivity contribution in [2.45, 2.75) is 77.5 Å². The number of rotatable bonds is 5. The van der Waals surface area contributed by atoms with E-state index in [2.05, 4.69) is 11.9 Å². The van der Waals surface area contributed by atoms with Gasteiger partial charge in [-0.1, -0.05) is 13.0 Å². The lowest BCUT2D eigenvalue weighted by molar-refractivity contribution is -0.132. The van der Waals surface area contributed by atoms with Crippen molar-refractivity contribution in [2.24, 2.45) is 0 Å². The van der Waals surface area contributed by atoms with Crippen molar-refractivity contribution in [1.82, 2.24) is 10.2 Å². The van der Waals surface area contributed by atoms with Crippen molar-refractivity contribution in [3.05, 3.63) is 12.7 Å². The minimum Gasteiger partial charge on any atom is -0.444 e. The van der Waals surface area contributed by atoms with Gasteiger partial charge in [0.2, 0.25) is 5.91 Å². The van der Waals surface area contributed by atoms with E-state index in [1.54, 1.807) is 11.0 Å². The predicted octanol–water partition coefficient (Wildman–Crippen LogP) is 3.25. The summed E-state index contributed by atoms with van der Waals surface area (Å²) in [5.74, 6) is -0.0901. The second-order valence-electron chi connectivity index (χ2n) is 7.02. The maximum atomic E-state index is 12.8. The summed E-state index contributed by atoms with van der Waals surface area (Å²) >= 11 is 0. The third-order valence-corrected chi connectivity index (χ3v) is 4.01. The van der Waals surface area contributed by atoms with Crippen LogP contribution in [-0.4, -0.2) is 40.6 Å². The molecule has 1 saturated heterocycles. The second kappa shape index (κ2) is 7.16. The number of likely N-dealkylation sites (tertiary alicyclic amines) is 1. The number of carbonyl (C=O) groups is 2. The van der Waals surface area contributed by atoms with Crippen LogP contribution in [0.5, 0.6) is 0 Å². The quantitative estimate of drug-likeness (QED) is 0.793. The Hall–Kier alpha value is -1.52. The van der Waals surface area contributed by atoms with Crippen LogP contribution in [0.4, 0.5) is 4.79 Å². The molecule has 0 bridgehead atoms. The van der Waals surface area contributed by atoms with Gasteiger partial charge in [0.1, 0.15) is 11.1 Å². The zero-order chi connectivity index (χ0) is 17.0. The summed E-state index contributed by atoms with van der Waals surface area (Å²) in [7, 11) is 0. The zero-order valence-electron chi connectivity index (χ0n) is 14.6. The van der Waals surface area contributed by atoms with E-state index in [1.165, 1.54) is 0 Å². The standard InChI is InChI=1S/C17H30N2O3/c1-7-10-13(3)18-14(20)17(8-2)11-9-12-19(17)15(21)22-16(4,5)6/h7,13H,1,8-12H2,2-6H3,(H,18,20). The molecule has 0 aromatic carbocycles. The molecule has 0 saturated carbocycles. The van der Waals surface area contributed by atoms with E-state index < -0.39 is 17.2 Å². The van der Waals surface area contributed by atoms with Crippen LogP contribution < -0.4 is 5.32 Å². The Morgan fingerprint density at radius 3 is 2.59 bits per heavy atom. The zero-order valence-corrected chi connectivity index (χ0v) is 14.6. The summed E-state index contributed by atoms with van der Waals surface area (Å²) in [6.45, 7) is 13.6. The molecule has 22 heavy (non-hydrogen) atoms. The van der Waals surface area contributed by atoms with Gasteiger partial charge in [0.15, 0.2) is 0 Å². The number of nitrogens with zero attached hydrogens (tertiary/aromatic N) is 1. The fourth-order valence-corrected chi connectivity index (χ4v) is 2.89. The molecule has 1 aliphatic heterocycles. The van der Waals surface area contributed by atoms with Gasteiger partial charge in [-0.15, -0.1) is 6.58 Å². The van der Waals surface area contributed by atoms with Gasteiger partial charge in [0, 0.05) is 12.6 Å². The predicted molar refractivity (Wildman–Crippen MR) is 87.6 cm³/mol. The summed E-state index contributed by atoms with van der Waals surface area (Å²) in [4.78, 5) is 26.8. The van der Waals surface area contributed by atoms with Crippen LogP contribution in [0, 0.1) is 0 Å². The molecule has 1 heterocycles. The van der Waals surface area contributed by atoms with Gasteiger partial charge < -0.3 is 10.1 Å². The minimum atomic E-state index is -0.794. The molecule has 1 N–H and O–H groups in total. The van der Waals surface area contributed by atoms with E-state index in [0.717, 1.165) is 6.42 Å². The molecule has 5 heteroatoms. The molecule has 0 aromatic heterocycles. The highest BCUT2D eigenvalue weighted by atomic mass is 16.6. The average molecular weight is 310 g/mol. The van der Waals surface area contributed by atoms with Gasteiger partial charge in [-0.2, -0.15) is 0 Å². The summed E-state index contributed by atoms with van der Waals surface area (Å²) in [5.41, 5.74) is -1.36. The summed E-state index contributed by atoms with van der Waals surface area (Å²) in [5, 5.41) is 3.00. The second-order valence-corrected chi connectivity index (χ2v) is 7.02. The number of carbonyl (C=O) groups excluding carboxylic acids is 2. The normalized spacial score (nSPS) is 23.0. The Morgan fingerprint density at radius 2 is 2.09 bits per heavy atom. The van der Waals surface area contributed by atoms with Crippen LogP contribution in [0.15, 0.2) is 12.7 Å². The first-order chi connectivity index (χ1) is 10.2. The van der Waals surface area contributed by atoms with Crippen LogP contribution in [-0.2, 0) is 9.53 Å². The molecule has 126 valence electrons. The lowest BCUT2D eigenvalue weighted by Gasteiger charge is -2.37. The van der Waals surface area contributed by atoms with Crippen molar-refractivity contribution in [3.8, 4) is 0 Å². The highest BCUT2D eigenvalue weighted by molar-refractivity contribution is 5.90. The van der Waals surface area contributed by atoms with E-state index >= 15 is 0 Å². The smallest absolute Gasteiger partial charge is 0.411 e.